The van der Waals surface area contributed by atoms with Crippen molar-refractivity contribution in [1.82, 2.24) is 9.97 Å². The van der Waals surface area contributed by atoms with Crippen LogP contribution in [0.1, 0.15) is 32.3 Å². The second-order valence-electron chi connectivity index (χ2n) is 4.37. The van der Waals surface area contributed by atoms with Crippen LogP contribution in [0.25, 0.3) is 0 Å². The summed E-state index contributed by atoms with van der Waals surface area (Å²) in [7, 11) is 0. The summed E-state index contributed by atoms with van der Waals surface area (Å²) in [5.74, 6) is 0.978. The zero-order valence-electron chi connectivity index (χ0n) is 8.10. The molecule has 0 radical (unpaired) electrons. The Kier molecular flexibility index (Phi) is 2.13. The number of H-pyrrole nitrogens is 1. The molecule has 0 fully saturated rings. The van der Waals surface area contributed by atoms with Crippen LogP contribution in [0, 0.1) is 12.3 Å². The van der Waals surface area contributed by atoms with Crippen molar-refractivity contribution < 1.29 is 5.11 Å². The van der Waals surface area contributed by atoms with E-state index in [4.69, 9.17) is 0 Å². The molecular weight excluding hydrogens is 152 g/mol. The van der Waals surface area contributed by atoms with Gasteiger partial charge in [-0.1, -0.05) is 20.8 Å². The number of hydrogen-bond donors (Lipinski definition) is 2. The molecular formula is C9H16N2O. The maximum absolute atomic E-state index is 9.19. The third kappa shape index (κ3) is 2.26. The molecule has 2 N–H and O–H groups in total. The molecule has 1 aromatic rings. The molecule has 0 amide bonds. The van der Waals surface area contributed by atoms with Crippen LogP contribution >= 0.6 is 0 Å². The number of nitrogens with one attached hydrogen (secondary N) is 1. The van der Waals surface area contributed by atoms with E-state index in [0.29, 0.717) is 0 Å². The van der Waals surface area contributed by atoms with E-state index in [1.54, 1.807) is 0 Å². The molecule has 68 valence electrons. The van der Waals surface area contributed by atoms with Gasteiger partial charge in [-0.15, -0.1) is 0 Å². The van der Waals surface area contributed by atoms with Crippen molar-refractivity contribution in [1.29, 1.82) is 0 Å². The van der Waals surface area contributed by atoms with Crippen LogP contribution in [-0.2, 0) is 6.42 Å². The maximum Gasteiger partial charge on any atom is 0.232 e. The molecule has 1 rings (SSSR count). The van der Waals surface area contributed by atoms with Crippen molar-refractivity contribution in [2.24, 2.45) is 5.41 Å². The Hall–Kier alpha value is -0.990. The van der Waals surface area contributed by atoms with Gasteiger partial charge in [0.05, 0.1) is 5.69 Å². The Morgan fingerprint density at radius 2 is 2.00 bits per heavy atom. The first-order valence-electron chi connectivity index (χ1n) is 4.13. The van der Waals surface area contributed by atoms with Gasteiger partial charge in [0.15, 0.2) is 0 Å². The number of aromatic hydroxyl groups is 1. The highest BCUT2D eigenvalue weighted by molar-refractivity contribution is 5.17. The molecule has 0 atom stereocenters. The quantitative estimate of drug-likeness (QED) is 0.674. The van der Waals surface area contributed by atoms with E-state index in [2.05, 4.69) is 30.7 Å². The predicted octanol–water partition coefficient (Wildman–Crippen LogP) is 2.01. The van der Waals surface area contributed by atoms with Gasteiger partial charge in [0.1, 0.15) is 5.82 Å². The monoisotopic (exact) mass is 168 g/mol. The fourth-order valence-corrected chi connectivity index (χ4v) is 1.10. The molecule has 0 aliphatic heterocycles. The summed E-state index contributed by atoms with van der Waals surface area (Å²) in [6, 6.07) is 0. The van der Waals surface area contributed by atoms with Gasteiger partial charge in [-0.3, -0.25) is 0 Å². The van der Waals surface area contributed by atoms with Crippen molar-refractivity contribution in [3.8, 4) is 5.88 Å². The molecule has 3 nitrogen and oxygen atoms in total. The van der Waals surface area contributed by atoms with E-state index >= 15 is 0 Å². The lowest BCUT2D eigenvalue weighted by Gasteiger charge is -2.15. The van der Waals surface area contributed by atoms with E-state index in [-0.39, 0.29) is 11.3 Å². The van der Waals surface area contributed by atoms with Crippen molar-refractivity contribution in [2.75, 3.05) is 0 Å². The molecule has 1 aromatic heterocycles. The summed E-state index contributed by atoms with van der Waals surface area (Å²) in [6.45, 7) is 8.24. The Balaban J connectivity index is 2.77. The van der Waals surface area contributed by atoms with Crippen LogP contribution < -0.4 is 0 Å². The summed E-state index contributed by atoms with van der Waals surface area (Å²) in [5, 5.41) is 9.19. The van der Waals surface area contributed by atoms with Crippen molar-refractivity contribution in [3.63, 3.8) is 0 Å². The third-order valence-electron chi connectivity index (χ3n) is 1.61. The normalized spacial score (nSPS) is 12.0. The van der Waals surface area contributed by atoms with E-state index < -0.39 is 0 Å². The average Bonchev–Trinajstić information content (AvgIpc) is 2.07. The Bertz CT molecular complexity index is 251. The summed E-state index contributed by atoms with van der Waals surface area (Å²) in [4.78, 5) is 7.04. The van der Waals surface area contributed by atoms with Crippen LogP contribution in [0.4, 0.5) is 0 Å². The van der Waals surface area contributed by atoms with Gasteiger partial charge in [-0.25, -0.2) is 0 Å². The van der Waals surface area contributed by atoms with Crippen LogP contribution in [0.3, 0.4) is 0 Å². The number of hydrogen-bond acceptors (Lipinski definition) is 2. The second-order valence-corrected chi connectivity index (χ2v) is 4.37. The van der Waals surface area contributed by atoms with Gasteiger partial charge in [0.2, 0.25) is 5.88 Å². The fraction of sp³-hybridized carbons (Fsp3) is 0.667. The van der Waals surface area contributed by atoms with Gasteiger partial charge < -0.3 is 10.1 Å². The van der Waals surface area contributed by atoms with E-state index in [0.717, 1.165) is 17.9 Å². The largest absolute Gasteiger partial charge is 0.492 e. The molecule has 0 spiro atoms. The van der Waals surface area contributed by atoms with E-state index in [1.165, 1.54) is 0 Å². The molecule has 12 heavy (non-hydrogen) atoms. The minimum Gasteiger partial charge on any atom is -0.492 e. The SMILES string of the molecule is Cc1[nH]c(CC(C)(C)C)nc1O. The number of nitrogens with zero attached hydrogens (tertiary/aromatic N) is 1. The van der Waals surface area contributed by atoms with Crippen molar-refractivity contribution in [3.05, 3.63) is 11.5 Å². The number of aryl methyl sites for hydroxylation is 1. The minimum atomic E-state index is 0.120. The third-order valence-corrected chi connectivity index (χ3v) is 1.61. The standard InChI is InChI=1S/C9H16N2O/c1-6-8(12)11-7(10-6)5-9(2,3)4/h12H,5H2,1-4H3,(H,10,11). The first-order valence-corrected chi connectivity index (χ1v) is 4.13. The molecule has 0 unspecified atom stereocenters. The highest BCUT2D eigenvalue weighted by Gasteiger charge is 2.14. The number of aromatic amines is 1. The van der Waals surface area contributed by atoms with E-state index in [1.807, 2.05) is 6.92 Å². The first kappa shape index (κ1) is 9.10. The lowest BCUT2D eigenvalue weighted by Crippen LogP contribution is -2.10. The first-order chi connectivity index (χ1) is 5.38. The van der Waals surface area contributed by atoms with Crippen LogP contribution in [0.15, 0.2) is 0 Å². The summed E-state index contributed by atoms with van der Waals surface area (Å²) in [5.41, 5.74) is 0.950. The number of aromatic nitrogens is 2. The van der Waals surface area contributed by atoms with Gasteiger partial charge >= 0.3 is 0 Å². The van der Waals surface area contributed by atoms with E-state index in [9.17, 15) is 5.11 Å². The van der Waals surface area contributed by atoms with Crippen molar-refractivity contribution in [2.45, 2.75) is 34.1 Å². The van der Waals surface area contributed by atoms with Gasteiger partial charge in [-0.2, -0.15) is 4.98 Å². The highest BCUT2D eigenvalue weighted by atomic mass is 16.3. The number of imidazole rings is 1. The van der Waals surface area contributed by atoms with Crippen LogP contribution in [0.2, 0.25) is 0 Å². The van der Waals surface area contributed by atoms with Gasteiger partial charge in [0, 0.05) is 6.42 Å². The Labute approximate surface area is 72.8 Å². The molecule has 0 saturated heterocycles. The molecule has 0 aromatic carbocycles. The van der Waals surface area contributed by atoms with Crippen LogP contribution in [-0.4, -0.2) is 15.1 Å². The fourth-order valence-electron chi connectivity index (χ4n) is 1.10. The Morgan fingerprint density at radius 1 is 1.42 bits per heavy atom. The molecule has 0 saturated carbocycles. The Morgan fingerprint density at radius 3 is 2.33 bits per heavy atom. The highest BCUT2D eigenvalue weighted by Crippen LogP contribution is 2.21. The number of rotatable bonds is 1. The van der Waals surface area contributed by atoms with Crippen LogP contribution in [0.5, 0.6) is 5.88 Å². The smallest absolute Gasteiger partial charge is 0.232 e. The zero-order valence-corrected chi connectivity index (χ0v) is 8.10. The molecule has 0 aliphatic carbocycles. The summed E-state index contributed by atoms with van der Waals surface area (Å²) in [6.07, 6.45) is 0.856. The topological polar surface area (TPSA) is 48.9 Å². The minimum absolute atomic E-state index is 0.120. The summed E-state index contributed by atoms with van der Waals surface area (Å²) < 4.78 is 0. The lowest BCUT2D eigenvalue weighted by atomic mass is 9.92. The maximum atomic E-state index is 9.19. The van der Waals surface area contributed by atoms with Crippen molar-refractivity contribution >= 4 is 0 Å². The predicted molar refractivity (Wildman–Crippen MR) is 48.1 cm³/mol. The van der Waals surface area contributed by atoms with Gasteiger partial charge in [-0.05, 0) is 12.3 Å². The molecule has 0 aliphatic rings. The zero-order chi connectivity index (χ0) is 9.35. The summed E-state index contributed by atoms with van der Waals surface area (Å²) >= 11 is 0. The molecule has 0 bridgehead atoms. The van der Waals surface area contributed by atoms with Gasteiger partial charge in [0.25, 0.3) is 0 Å². The lowest BCUT2D eigenvalue weighted by molar-refractivity contribution is 0.399. The molecule has 1 heterocycles. The second kappa shape index (κ2) is 2.81. The molecule has 3 heteroatoms. The average molecular weight is 168 g/mol.